The van der Waals surface area contributed by atoms with E-state index in [-0.39, 0.29) is 67.3 Å². The van der Waals surface area contributed by atoms with Crippen molar-refractivity contribution in [1.82, 2.24) is 0 Å². The van der Waals surface area contributed by atoms with Gasteiger partial charge in [0.2, 0.25) is 6.16 Å². The minimum atomic E-state index is -3.11. The van der Waals surface area contributed by atoms with Crippen molar-refractivity contribution >= 4 is 55.3 Å². The van der Waals surface area contributed by atoms with E-state index in [0.29, 0.717) is 0 Å². The average molecular weight is 204 g/mol. The standard InChI is InChI=1S/CH2O3.Ca.Na.H2O3S/c2-1(3)4;;;1-4(2)3/h(H2,2,3,4);;;(H2,1,2,3)/q;+2;+1;/p-3. The molecule has 0 saturated heterocycles. The van der Waals surface area contributed by atoms with Crippen LogP contribution in [0.25, 0.3) is 0 Å². The van der Waals surface area contributed by atoms with E-state index in [2.05, 4.69) is 0 Å². The van der Waals surface area contributed by atoms with Gasteiger partial charge < -0.3 is 24.1 Å². The summed E-state index contributed by atoms with van der Waals surface area (Å²) in [6, 6.07) is 0. The van der Waals surface area contributed by atoms with E-state index in [1.54, 1.807) is 0 Å². The SMILES string of the molecule is O=C([O-])O.O=S([O-])[O-].[Ca+2].[Na+]. The van der Waals surface area contributed by atoms with Crippen molar-refractivity contribution in [2.24, 2.45) is 0 Å². The molecule has 0 aliphatic carbocycles. The zero-order chi connectivity index (χ0) is 7.15. The summed E-state index contributed by atoms with van der Waals surface area (Å²) in [5.41, 5.74) is 0. The summed E-state index contributed by atoms with van der Waals surface area (Å²) in [5, 5.41) is 15.3. The van der Waals surface area contributed by atoms with Gasteiger partial charge in [-0.05, 0) is 0 Å². The summed E-state index contributed by atoms with van der Waals surface area (Å²) < 4.78 is 25.3. The van der Waals surface area contributed by atoms with Crippen molar-refractivity contribution in [2.75, 3.05) is 0 Å². The summed E-state index contributed by atoms with van der Waals surface area (Å²) in [4.78, 5) is 8.44. The third-order valence-corrected chi connectivity index (χ3v) is 0. The van der Waals surface area contributed by atoms with Gasteiger partial charge in [-0.3, -0.25) is 4.21 Å². The second-order valence-electron chi connectivity index (χ2n) is 0.470. The second kappa shape index (κ2) is 16.9. The van der Waals surface area contributed by atoms with Crippen LogP contribution in [0.2, 0.25) is 0 Å². The first-order chi connectivity index (χ1) is 3.46. The second-order valence-corrected chi connectivity index (χ2v) is 0.878. The molecule has 0 heterocycles. The molecule has 0 aromatic rings. The summed E-state index contributed by atoms with van der Waals surface area (Å²) in [5.74, 6) is 0. The Labute approximate surface area is 111 Å². The topological polar surface area (TPSA) is 124 Å². The molecule has 0 radical (unpaired) electrons. The fraction of sp³-hybridized carbons (Fsp3) is 0. The van der Waals surface area contributed by atoms with Gasteiger partial charge in [0.15, 0.2) is 0 Å². The number of rotatable bonds is 0. The van der Waals surface area contributed by atoms with E-state index in [9.17, 15) is 0 Å². The molecule has 0 unspecified atom stereocenters. The molecular formula is CHCaNaO6S. The van der Waals surface area contributed by atoms with Crippen LogP contribution in [0.3, 0.4) is 0 Å². The van der Waals surface area contributed by atoms with Crippen LogP contribution < -0.4 is 34.7 Å². The Hall–Kier alpha value is 1.60. The minimum absolute atomic E-state index is 0. The fourth-order valence-corrected chi connectivity index (χ4v) is 0. The van der Waals surface area contributed by atoms with Crippen LogP contribution in [0.15, 0.2) is 0 Å². The third-order valence-electron chi connectivity index (χ3n) is 0. The predicted octanol–water partition coefficient (Wildman–Crippen LogP) is -5.49. The van der Waals surface area contributed by atoms with Gasteiger partial charge in [0, 0.05) is 0 Å². The van der Waals surface area contributed by atoms with E-state index < -0.39 is 17.5 Å². The van der Waals surface area contributed by atoms with E-state index >= 15 is 0 Å². The van der Waals surface area contributed by atoms with Crippen LogP contribution in [-0.2, 0) is 11.4 Å². The first-order valence-electron chi connectivity index (χ1n) is 1.13. The zero-order valence-electron chi connectivity index (χ0n) is 5.10. The van der Waals surface area contributed by atoms with Crippen molar-refractivity contribution in [1.29, 1.82) is 0 Å². The maximum Gasteiger partial charge on any atom is 2.00 e. The first-order valence-corrected chi connectivity index (χ1v) is 2.13. The Morgan fingerprint density at radius 3 is 1.40 bits per heavy atom. The Bertz CT molecular complexity index is 75.7. The van der Waals surface area contributed by atoms with Crippen LogP contribution in [-0.4, -0.2) is 62.3 Å². The van der Waals surface area contributed by atoms with Crippen LogP contribution >= 0.6 is 0 Å². The summed E-state index contributed by atoms with van der Waals surface area (Å²) >= 11 is -3.11. The Morgan fingerprint density at radius 1 is 1.40 bits per heavy atom. The molecule has 0 aliphatic rings. The first kappa shape index (κ1) is 22.6. The fourth-order valence-electron chi connectivity index (χ4n) is 0. The normalized spacial score (nSPS) is 5.90. The van der Waals surface area contributed by atoms with E-state index in [0.717, 1.165) is 0 Å². The zero-order valence-corrected chi connectivity index (χ0v) is 10.1. The molecule has 6 nitrogen and oxygen atoms in total. The van der Waals surface area contributed by atoms with Crippen molar-refractivity contribution < 1.29 is 57.9 Å². The summed E-state index contributed by atoms with van der Waals surface area (Å²) in [6.07, 6.45) is -2.08. The van der Waals surface area contributed by atoms with Crippen LogP contribution in [0, 0.1) is 0 Å². The largest absolute Gasteiger partial charge is 2.00 e. The molecule has 0 aromatic heterocycles. The van der Waals surface area contributed by atoms with Crippen LogP contribution in [0.5, 0.6) is 0 Å². The van der Waals surface area contributed by atoms with E-state index in [1.807, 2.05) is 0 Å². The van der Waals surface area contributed by atoms with E-state index in [4.69, 9.17) is 28.3 Å². The average Bonchev–Trinajstić information content (AvgIpc) is 1.25. The number of hydrogen-bond acceptors (Lipinski definition) is 5. The predicted molar refractivity (Wildman–Crippen MR) is 23.5 cm³/mol. The monoisotopic (exact) mass is 204 g/mol. The molecule has 0 bridgehead atoms. The van der Waals surface area contributed by atoms with Gasteiger partial charge in [0.1, 0.15) is 0 Å². The molecule has 0 rings (SSSR count). The smallest absolute Gasteiger partial charge is 0.784 e. The maximum absolute atomic E-state index is 8.44. The molecule has 50 valence electrons. The minimum Gasteiger partial charge on any atom is -0.784 e. The van der Waals surface area contributed by atoms with E-state index in [1.165, 1.54) is 0 Å². The molecule has 9 heteroatoms. The molecular weight excluding hydrogens is 203 g/mol. The van der Waals surface area contributed by atoms with Crippen LogP contribution in [0.4, 0.5) is 4.79 Å². The van der Waals surface area contributed by atoms with Gasteiger partial charge in [0.25, 0.3) is 0 Å². The molecule has 0 spiro atoms. The molecule has 0 atom stereocenters. The molecule has 0 amide bonds. The van der Waals surface area contributed by atoms with Gasteiger partial charge in [-0.25, -0.2) is 0 Å². The van der Waals surface area contributed by atoms with Gasteiger partial charge in [-0.1, -0.05) is 0 Å². The molecule has 1 N–H and O–H groups in total. The van der Waals surface area contributed by atoms with Gasteiger partial charge >= 0.3 is 67.3 Å². The number of carboxylic acid groups (broad SMARTS) is 2. The van der Waals surface area contributed by atoms with Crippen molar-refractivity contribution in [3.8, 4) is 0 Å². The summed E-state index contributed by atoms with van der Waals surface area (Å²) in [6.45, 7) is 0. The van der Waals surface area contributed by atoms with Crippen molar-refractivity contribution in [3.63, 3.8) is 0 Å². The van der Waals surface area contributed by atoms with Crippen molar-refractivity contribution in [3.05, 3.63) is 0 Å². The van der Waals surface area contributed by atoms with Gasteiger partial charge in [-0.15, -0.1) is 11.4 Å². The van der Waals surface area contributed by atoms with Gasteiger partial charge in [0.05, 0.1) is 0 Å². The molecule has 0 fully saturated rings. The van der Waals surface area contributed by atoms with Crippen LogP contribution in [0.1, 0.15) is 0 Å². The Morgan fingerprint density at radius 2 is 1.40 bits per heavy atom. The Kier molecular flexibility index (Phi) is 38.2. The third kappa shape index (κ3) is 277. The number of hydrogen-bond donors (Lipinski definition) is 1. The molecule has 0 aliphatic heterocycles. The van der Waals surface area contributed by atoms with Gasteiger partial charge in [-0.2, -0.15) is 0 Å². The number of carbonyl (C=O) groups is 1. The Balaban J connectivity index is -0.0000000300. The molecule has 0 saturated carbocycles. The molecule has 10 heavy (non-hydrogen) atoms. The molecule has 0 aromatic carbocycles. The quantitative estimate of drug-likeness (QED) is 0.310. The maximum atomic E-state index is 8.44. The van der Waals surface area contributed by atoms with Crippen molar-refractivity contribution in [2.45, 2.75) is 0 Å². The summed E-state index contributed by atoms with van der Waals surface area (Å²) in [7, 11) is 0.